The molecule has 4 heteroatoms. The number of rotatable bonds is 5. The molecule has 132 valence electrons. The SMILES string of the molecule is OC(c1ccc(Cl)cc1)c1ccc(COC2CN3CCC2CC3)cc1. The minimum Gasteiger partial charge on any atom is -0.384 e. The van der Waals surface area contributed by atoms with Crippen molar-refractivity contribution >= 4 is 11.6 Å². The normalized spacial score (nSPS) is 26.6. The van der Waals surface area contributed by atoms with Crippen molar-refractivity contribution in [3.8, 4) is 0 Å². The fourth-order valence-electron chi connectivity index (χ4n) is 3.94. The predicted molar refractivity (Wildman–Crippen MR) is 99.7 cm³/mol. The van der Waals surface area contributed by atoms with Crippen molar-refractivity contribution < 1.29 is 9.84 Å². The van der Waals surface area contributed by atoms with Crippen LogP contribution >= 0.6 is 11.6 Å². The van der Waals surface area contributed by atoms with Gasteiger partial charge in [0, 0.05) is 11.6 Å². The Hall–Kier alpha value is -1.39. The highest BCUT2D eigenvalue weighted by Gasteiger charge is 2.34. The smallest absolute Gasteiger partial charge is 0.104 e. The summed E-state index contributed by atoms with van der Waals surface area (Å²) < 4.78 is 6.18. The molecule has 2 bridgehead atoms. The summed E-state index contributed by atoms with van der Waals surface area (Å²) in [5.41, 5.74) is 2.89. The molecule has 0 aliphatic carbocycles. The molecule has 2 unspecified atom stereocenters. The van der Waals surface area contributed by atoms with Crippen LogP contribution in [0.4, 0.5) is 0 Å². The summed E-state index contributed by atoms with van der Waals surface area (Å²) in [6, 6.07) is 15.4. The van der Waals surface area contributed by atoms with Crippen molar-refractivity contribution in [3.63, 3.8) is 0 Å². The summed E-state index contributed by atoms with van der Waals surface area (Å²) in [7, 11) is 0. The third-order valence-corrected chi connectivity index (χ3v) is 5.79. The van der Waals surface area contributed by atoms with Gasteiger partial charge in [0.2, 0.25) is 0 Å². The summed E-state index contributed by atoms with van der Waals surface area (Å²) in [5, 5.41) is 11.2. The van der Waals surface area contributed by atoms with Gasteiger partial charge >= 0.3 is 0 Å². The first-order valence-corrected chi connectivity index (χ1v) is 9.43. The van der Waals surface area contributed by atoms with Crippen LogP contribution in [0.1, 0.15) is 35.6 Å². The number of piperidine rings is 3. The molecular formula is C21H24ClNO2. The summed E-state index contributed by atoms with van der Waals surface area (Å²) in [4.78, 5) is 2.51. The number of aliphatic hydroxyl groups excluding tert-OH is 1. The first-order valence-electron chi connectivity index (χ1n) is 9.05. The van der Waals surface area contributed by atoms with E-state index in [4.69, 9.17) is 16.3 Å². The Morgan fingerprint density at radius 2 is 1.60 bits per heavy atom. The lowest BCUT2D eigenvalue weighted by Crippen LogP contribution is -2.51. The molecule has 25 heavy (non-hydrogen) atoms. The fraction of sp³-hybridized carbons (Fsp3) is 0.429. The van der Waals surface area contributed by atoms with Gasteiger partial charge in [-0.2, -0.15) is 0 Å². The molecule has 3 aliphatic heterocycles. The maximum Gasteiger partial charge on any atom is 0.104 e. The van der Waals surface area contributed by atoms with Gasteiger partial charge in [0.05, 0.1) is 12.7 Å². The van der Waals surface area contributed by atoms with Crippen molar-refractivity contribution in [2.45, 2.75) is 31.7 Å². The molecule has 0 radical (unpaired) electrons. The molecule has 3 fully saturated rings. The van der Waals surface area contributed by atoms with Gasteiger partial charge in [0.25, 0.3) is 0 Å². The van der Waals surface area contributed by atoms with E-state index in [1.54, 1.807) is 12.1 Å². The number of aliphatic hydroxyl groups is 1. The second kappa shape index (κ2) is 7.46. The van der Waals surface area contributed by atoms with Gasteiger partial charge in [-0.1, -0.05) is 48.0 Å². The van der Waals surface area contributed by atoms with Crippen LogP contribution in [0.5, 0.6) is 0 Å². The Morgan fingerprint density at radius 1 is 1.00 bits per heavy atom. The molecule has 3 saturated heterocycles. The molecule has 3 nitrogen and oxygen atoms in total. The van der Waals surface area contributed by atoms with Gasteiger partial charge in [-0.25, -0.2) is 0 Å². The highest BCUT2D eigenvalue weighted by molar-refractivity contribution is 6.30. The third kappa shape index (κ3) is 3.90. The first-order chi connectivity index (χ1) is 12.2. The highest BCUT2D eigenvalue weighted by Crippen LogP contribution is 2.30. The molecular weight excluding hydrogens is 334 g/mol. The zero-order chi connectivity index (χ0) is 17.2. The summed E-state index contributed by atoms with van der Waals surface area (Å²) >= 11 is 5.91. The topological polar surface area (TPSA) is 32.7 Å². The van der Waals surface area contributed by atoms with E-state index in [2.05, 4.69) is 17.0 Å². The highest BCUT2D eigenvalue weighted by atomic mass is 35.5. The van der Waals surface area contributed by atoms with Gasteiger partial charge in [0.15, 0.2) is 0 Å². The molecule has 2 aromatic rings. The number of halogens is 1. The molecule has 0 spiro atoms. The van der Waals surface area contributed by atoms with Crippen molar-refractivity contribution in [1.82, 2.24) is 4.90 Å². The molecule has 2 atom stereocenters. The van der Waals surface area contributed by atoms with Crippen LogP contribution in [0.3, 0.4) is 0 Å². The zero-order valence-corrected chi connectivity index (χ0v) is 15.0. The maximum atomic E-state index is 10.5. The van der Waals surface area contributed by atoms with E-state index in [0.29, 0.717) is 17.7 Å². The maximum absolute atomic E-state index is 10.5. The number of nitrogens with zero attached hydrogens (tertiary/aromatic N) is 1. The Kier molecular flexibility index (Phi) is 5.09. The predicted octanol–water partition coefficient (Wildman–Crippen LogP) is 4.03. The van der Waals surface area contributed by atoms with Gasteiger partial charge in [-0.3, -0.25) is 0 Å². The zero-order valence-electron chi connectivity index (χ0n) is 14.3. The fourth-order valence-corrected chi connectivity index (χ4v) is 4.06. The van der Waals surface area contributed by atoms with Crippen molar-refractivity contribution in [1.29, 1.82) is 0 Å². The minimum atomic E-state index is -0.630. The molecule has 2 aromatic carbocycles. The number of hydrogen-bond donors (Lipinski definition) is 1. The number of fused-ring (bicyclic) bond motifs is 3. The molecule has 1 N–H and O–H groups in total. The molecule has 0 aromatic heterocycles. The van der Waals surface area contributed by atoms with Gasteiger partial charge in [0.1, 0.15) is 6.10 Å². The van der Waals surface area contributed by atoms with Gasteiger partial charge in [-0.15, -0.1) is 0 Å². The van der Waals surface area contributed by atoms with E-state index in [1.165, 1.54) is 25.9 Å². The second-order valence-electron chi connectivity index (χ2n) is 7.18. The van der Waals surface area contributed by atoms with E-state index >= 15 is 0 Å². The van der Waals surface area contributed by atoms with Crippen LogP contribution in [-0.4, -0.2) is 35.7 Å². The standard InChI is InChI=1S/C21H24ClNO2/c22-19-7-5-18(6-8-19)21(24)17-3-1-15(2-4-17)14-25-20-13-23-11-9-16(20)10-12-23/h1-8,16,20-21,24H,9-14H2. The second-order valence-corrected chi connectivity index (χ2v) is 7.62. The lowest BCUT2D eigenvalue weighted by atomic mass is 9.86. The average molecular weight is 358 g/mol. The number of benzene rings is 2. The van der Waals surface area contributed by atoms with E-state index in [0.717, 1.165) is 29.2 Å². The van der Waals surface area contributed by atoms with Crippen LogP contribution in [0, 0.1) is 5.92 Å². The summed E-state index contributed by atoms with van der Waals surface area (Å²) in [6.07, 6.45) is 2.30. The summed E-state index contributed by atoms with van der Waals surface area (Å²) in [6.45, 7) is 4.20. The first kappa shape index (κ1) is 17.0. The number of ether oxygens (including phenoxy) is 1. The van der Waals surface area contributed by atoms with Crippen molar-refractivity contribution in [2.75, 3.05) is 19.6 Å². The van der Waals surface area contributed by atoms with Gasteiger partial charge in [-0.05, 0) is 60.7 Å². The summed E-state index contributed by atoms with van der Waals surface area (Å²) in [5.74, 6) is 0.732. The quantitative estimate of drug-likeness (QED) is 0.876. The van der Waals surface area contributed by atoms with Crippen molar-refractivity contribution in [3.05, 3.63) is 70.2 Å². The molecule has 5 rings (SSSR count). The molecule has 0 saturated carbocycles. The van der Waals surface area contributed by atoms with E-state index in [9.17, 15) is 5.11 Å². The van der Waals surface area contributed by atoms with Crippen LogP contribution in [0.15, 0.2) is 48.5 Å². The minimum absolute atomic E-state index is 0.377. The Morgan fingerprint density at radius 3 is 2.16 bits per heavy atom. The van der Waals surface area contributed by atoms with E-state index in [-0.39, 0.29) is 0 Å². The van der Waals surface area contributed by atoms with E-state index < -0.39 is 6.10 Å². The average Bonchev–Trinajstić information content (AvgIpc) is 2.68. The Balaban J connectivity index is 1.36. The van der Waals surface area contributed by atoms with Crippen LogP contribution in [0.2, 0.25) is 5.02 Å². The Labute approximate surface area is 154 Å². The molecule has 3 heterocycles. The monoisotopic (exact) mass is 357 g/mol. The molecule has 0 amide bonds. The van der Waals surface area contributed by atoms with Crippen molar-refractivity contribution in [2.24, 2.45) is 5.92 Å². The number of hydrogen-bond acceptors (Lipinski definition) is 3. The van der Waals surface area contributed by atoms with Crippen LogP contribution < -0.4 is 0 Å². The van der Waals surface area contributed by atoms with Gasteiger partial charge < -0.3 is 14.7 Å². The lowest BCUT2D eigenvalue weighted by molar-refractivity contribution is -0.0765. The lowest BCUT2D eigenvalue weighted by Gasteiger charge is -2.44. The van der Waals surface area contributed by atoms with E-state index in [1.807, 2.05) is 24.3 Å². The van der Waals surface area contributed by atoms with Crippen LogP contribution in [-0.2, 0) is 11.3 Å². The Bertz CT molecular complexity index is 693. The molecule has 3 aliphatic rings. The van der Waals surface area contributed by atoms with Crippen LogP contribution in [0.25, 0.3) is 0 Å². The third-order valence-electron chi connectivity index (χ3n) is 5.54. The largest absolute Gasteiger partial charge is 0.384 e.